The Hall–Kier alpha value is -3.69. The molecule has 2 aliphatic heterocycles. The van der Waals surface area contributed by atoms with Crippen LogP contribution in [0.4, 0.5) is 10.1 Å². The highest BCUT2D eigenvalue weighted by Crippen LogP contribution is 2.38. The molecule has 4 heterocycles. The number of rotatable bonds is 2. The minimum Gasteiger partial charge on any atom is -0.493 e. The van der Waals surface area contributed by atoms with Gasteiger partial charge < -0.3 is 19.5 Å². The van der Waals surface area contributed by atoms with Gasteiger partial charge in [0.15, 0.2) is 0 Å². The van der Waals surface area contributed by atoms with E-state index in [9.17, 15) is 9.50 Å². The second-order valence-electron chi connectivity index (χ2n) is 9.30. The molecular weight excluding hydrogens is 461 g/mol. The van der Waals surface area contributed by atoms with Gasteiger partial charge in [-0.1, -0.05) is 12.1 Å². The molecule has 6 rings (SSSR count). The summed E-state index contributed by atoms with van der Waals surface area (Å²) in [5.74, 6) is 0.839. The number of hydrogen-bond acceptors (Lipinski definition) is 7. The molecule has 2 aromatic carbocycles. The van der Waals surface area contributed by atoms with Crippen LogP contribution in [0.15, 0.2) is 48.7 Å². The highest BCUT2D eigenvalue weighted by atomic mass is 19.1. The van der Waals surface area contributed by atoms with Crippen molar-refractivity contribution in [3.63, 3.8) is 0 Å². The van der Waals surface area contributed by atoms with Crippen LogP contribution in [0.1, 0.15) is 6.42 Å². The molecule has 9 heteroatoms. The number of pyridine rings is 1. The maximum Gasteiger partial charge on any atom is 0.143 e. The monoisotopic (exact) mass is 489 g/mol. The molecule has 0 radical (unpaired) electrons. The van der Waals surface area contributed by atoms with Crippen molar-refractivity contribution in [1.29, 1.82) is 0 Å². The second-order valence-corrected chi connectivity index (χ2v) is 9.30. The van der Waals surface area contributed by atoms with Gasteiger partial charge in [-0.2, -0.15) is 5.10 Å². The van der Waals surface area contributed by atoms with Gasteiger partial charge in [-0.05, 0) is 37.4 Å². The van der Waals surface area contributed by atoms with E-state index in [1.54, 1.807) is 18.3 Å². The Balaban J connectivity index is 1.46. The third-order valence-corrected chi connectivity index (χ3v) is 7.04. The average molecular weight is 490 g/mol. The standard InChI is InChI=1S/C27H28FN5O3/c1-32-8-9-33(15-18(32)16-34)23-7-6-17-12-25(23)36-11-3-10-35-24-5-2-4-20(28)26(24)21-13-19-22(14-29-21)30-31-27(17)19/h2,4-7,12-14,18,34H,3,8-11,15-16H2,1H3,(H,30,31). The van der Waals surface area contributed by atoms with Crippen molar-refractivity contribution < 1.29 is 19.0 Å². The fourth-order valence-electron chi connectivity index (χ4n) is 4.97. The summed E-state index contributed by atoms with van der Waals surface area (Å²) in [7, 11) is 2.04. The number of aromatic nitrogens is 3. The molecule has 186 valence electrons. The number of anilines is 1. The van der Waals surface area contributed by atoms with E-state index in [-0.39, 0.29) is 18.5 Å². The Morgan fingerprint density at radius 3 is 2.83 bits per heavy atom. The lowest BCUT2D eigenvalue weighted by Gasteiger charge is -2.40. The zero-order valence-electron chi connectivity index (χ0n) is 20.1. The predicted octanol–water partition coefficient (Wildman–Crippen LogP) is 3.71. The van der Waals surface area contributed by atoms with E-state index >= 15 is 0 Å². The van der Waals surface area contributed by atoms with Crippen LogP contribution >= 0.6 is 0 Å². The number of aromatic amines is 1. The molecular formula is C27H28FN5O3. The van der Waals surface area contributed by atoms with Gasteiger partial charge in [0.25, 0.3) is 0 Å². The van der Waals surface area contributed by atoms with E-state index in [2.05, 4.69) is 31.0 Å². The number of H-pyrrole nitrogens is 1. The number of piperazine rings is 1. The molecule has 2 N–H and O–H groups in total. The molecule has 36 heavy (non-hydrogen) atoms. The van der Waals surface area contributed by atoms with E-state index in [4.69, 9.17) is 9.47 Å². The average Bonchev–Trinajstić information content (AvgIpc) is 3.32. The zero-order valence-corrected chi connectivity index (χ0v) is 20.1. The quantitative estimate of drug-likeness (QED) is 0.444. The van der Waals surface area contributed by atoms with Crippen LogP contribution in [0.2, 0.25) is 0 Å². The summed E-state index contributed by atoms with van der Waals surface area (Å²) in [6.45, 7) is 3.35. The molecule has 4 bridgehead atoms. The summed E-state index contributed by atoms with van der Waals surface area (Å²) >= 11 is 0. The first-order valence-corrected chi connectivity index (χ1v) is 12.2. The minimum atomic E-state index is -0.382. The summed E-state index contributed by atoms with van der Waals surface area (Å²) in [4.78, 5) is 8.95. The molecule has 1 atom stereocenters. The van der Waals surface area contributed by atoms with Crippen molar-refractivity contribution in [3.8, 4) is 34.0 Å². The van der Waals surface area contributed by atoms with Crippen molar-refractivity contribution in [2.24, 2.45) is 0 Å². The van der Waals surface area contributed by atoms with Gasteiger partial charge in [0.2, 0.25) is 0 Å². The lowest BCUT2D eigenvalue weighted by atomic mass is 10.0. The molecule has 1 unspecified atom stereocenters. The van der Waals surface area contributed by atoms with Crippen molar-refractivity contribution in [2.45, 2.75) is 12.5 Å². The van der Waals surface area contributed by atoms with E-state index in [0.29, 0.717) is 43.2 Å². The molecule has 2 aliphatic rings. The number of nitrogens with zero attached hydrogens (tertiary/aromatic N) is 4. The maximum atomic E-state index is 14.9. The largest absolute Gasteiger partial charge is 0.493 e. The second kappa shape index (κ2) is 9.40. The van der Waals surface area contributed by atoms with Gasteiger partial charge in [-0.15, -0.1) is 0 Å². The number of nitrogens with one attached hydrogen (secondary N) is 1. The maximum absolute atomic E-state index is 14.9. The van der Waals surface area contributed by atoms with Crippen LogP contribution < -0.4 is 14.4 Å². The Morgan fingerprint density at radius 1 is 1.11 bits per heavy atom. The predicted molar refractivity (Wildman–Crippen MR) is 136 cm³/mol. The van der Waals surface area contributed by atoms with Gasteiger partial charge in [0.05, 0.1) is 54.5 Å². The van der Waals surface area contributed by atoms with Crippen LogP contribution in [0.3, 0.4) is 0 Å². The van der Waals surface area contributed by atoms with Crippen molar-refractivity contribution in [2.75, 3.05) is 51.4 Å². The Labute approximate surface area is 208 Å². The number of ether oxygens (including phenoxy) is 2. The Kier molecular flexibility index (Phi) is 5.94. The summed E-state index contributed by atoms with van der Waals surface area (Å²) in [6.07, 6.45) is 2.30. The molecule has 0 amide bonds. The van der Waals surface area contributed by atoms with E-state index < -0.39 is 0 Å². The molecule has 1 saturated heterocycles. The van der Waals surface area contributed by atoms with Crippen LogP contribution in [0.5, 0.6) is 11.5 Å². The van der Waals surface area contributed by atoms with Crippen molar-refractivity contribution in [3.05, 3.63) is 54.5 Å². The lowest BCUT2D eigenvalue weighted by molar-refractivity contribution is 0.135. The number of benzene rings is 2. The van der Waals surface area contributed by atoms with E-state index in [1.807, 2.05) is 25.2 Å². The first-order valence-electron chi connectivity index (χ1n) is 12.2. The normalized spacial score (nSPS) is 18.4. The van der Waals surface area contributed by atoms with Gasteiger partial charge in [-0.3, -0.25) is 15.0 Å². The molecule has 0 aliphatic carbocycles. The van der Waals surface area contributed by atoms with E-state index in [1.165, 1.54) is 6.07 Å². The first-order chi connectivity index (χ1) is 17.6. The number of likely N-dealkylation sites (N-methyl/N-ethyl adjacent to an activating group) is 1. The molecule has 2 aromatic heterocycles. The number of halogens is 1. The summed E-state index contributed by atoms with van der Waals surface area (Å²) in [5, 5.41) is 18.3. The van der Waals surface area contributed by atoms with E-state index in [0.717, 1.165) is 46.7 Å². The Morgan fingerprint density at radius 2 is 1.97 bits per heavy atom. The molecule has 0 saturated carbocycles. The van der Waals surface area contributed by atoms with Gasteiger partial charge >= 0.3 is 0 Å². The summed E-state index contributed by atoms with van der Waals surface area (Å²) in [5.41, 5.74) is 4.23. The van der Waals surface area contributed by atoms with Crippen molar-refractivity contribution >= 4 is 16.6 Å². The van der Waals surface area contributed by atoms with Crippen LogP contribution in [0, 0.1) is 5.82 Å². The Bertz CT molecular complexity index is 1410. The molecule has 4 aromatic rings. The summed E-state index contributed by atoms with van der Waals surface area (Å²) in [6, 6.07) is 12.9. The number of hydrogen-bond donors (Lipinski definition) is 2. The van der Waals surface area contributed by atoms with Gasteiger partial charge in [0.1, 0.15) is 23.0 Å². The number of aliphatic hydroxyl groups is 1. The minimum absolute atomic E-state index is 0.0687. The van der Waals surface area contributed by atoms with Crippen LogP contribution in [0.25, 0.3) is 33.4 Å². The first kappa shape index (κ1) is 22.8. The van der Waals surface area contributed by atoms with Gasteiger partial charge in [0, 0.05) is 37.0 Å². The third kappa shape index (κ3) is 4.04. The molecule has 1 fully saturated rings. The third-order valence-electron chi connectivity index (χ3n) is 7.04. The van der Waals surface area contributed by atoms with Crippen LogP contribution in [-0.2, 0) is 0 Å². The zero-order chi connectivity index (χ0) is 24.6. The molecule has 0 spiro atoms. The SMILES string of the molecule is CN1CCN(c2ccc3cc2OCCCOc2cccc(F)c2-c2cc4c-3n[nH]c4cn2)CC1CO. The van der Waals surface area contributed by atoms with Gasteiger partial charge in [-0.25, -0.2) is 4.39 Å². The smallest absolute Gasteiger partial charge is 0.143 e. The summed E-state index contributed by atoms with van der Waals surface area (Å²) < 4.78 is 27.2. The fourth-order valence-corrected chi connectivity index (χ4v) is 4.97. The number of fused-ring (bicyclic) bond motifs is 6. The lowest BCUT2D eigenvalue weighted by Crippen LogP contribution is -2.53. The number of aliphatic hydroxyl groups excluding tert-OH is 1. The molecule has 8 nitrogen and oxygen atoms in total. The van der Waals surface area contributed by atoms with Crippen molar-refractivity contribution in [1.82, 2.24) is 20.1 Å². The fraction of sp³-hybridized carbons (Fsp3) is 0.333. The highest BCUT2D eigenvalue weighted by molar-refractivity contribution is 5.95. The van der Waals surface area contributed by atoms with Crippen LogP contribution in [-0.4, -0.2) is 77.7 Å². The topological polar surface area (TPSA) is 86.7 Å². The highest BCUT2D eigenvalue weighted by Gasteiger charge is 2.26.